The van der Waals surface area contributed by atoms with Crippen molar-refractivity contribution in [2.75, 3.05) is 13.1 Å². The van der Waals surface area contributed by atoms with Gasteiger partial charge in [0.05, 0.1) is 0 Å². The minimum absolute atomic E-state index is 0.285. The Labute approximate surface area is 113 Å². The largest absolute Gasteiger partial charge is 0.573 e. The van der Waals surface area contributed by atoms with Gasteiger partial charge in [-0.25, -0.2) is 10.6 Å². The number of benzene rings is 1. The molecule has 1 aromatic carbocycles. The number of hydrogen-bond acceptors (Lipinski definition) is 3. The van der Waals surface area contributed by atoms with Crippen LogP contribution in [0.4, 0.5) is 18.0 Å². The molecule has 110 valence electrons. The van der Waals surface area contributed by atoms with Gasteiger partial charge in [-0.3, -0.25) is 5.01 Å². The second kappa shape index (κ2) is 5.58. The van der Waals surface area contributed by atoms with E-state index in [4.69, 9.17) is 5.84 Å². The quantitative estimate of drug-likeness (QED) is 0.684. The number of nitrogens with zero attached hydrogens (tertiary/aromatic N) is 2. The van der Waals surface area contributed by atoms with Crippen LogP contribution in [0.5, 0.6) is 5.75 Å². The molecular formula is C12H14F3N3O2. The normalized spacial score (nSPS) is 16.5. The van der Waals surface area contributed by atoms with Crippen LogP contribution >= 0.6 is 0 Å². The summed E-state index contributed by atoms with van der Waals surface area (Å²) in [6.07, 6.45) is -3.94. The third-order valence-corrected chi connectivity index (χ3v) is 2.87. The molecule has 1 saturated heterocycles. The highest BCUT2D eigenvalue weighted by molar-refractivity contribution is 5.74. The van der Waals surface area contributed by atoms with Gasteiger partial charge in [0.15, 0.2) is 0 Å². The molecule has 1 aliphatic heterocycles. The van der Waals surface area contributed by atoms with Crippen molar-refractivity contribution < 1.29 is 22.7 Å². The van der Waals surface area contributed by atoms with Crippen molar-refractivity contribution in [2.24, 2.45) is 5.84 Å². The van der Waals surface area contributed by atoms with E-state index >= 15 is 0 Å². The lowest BCUT2D eigenvalue weighted by Crippen LogP contribution is -2.52. The number of alkyl halides is 3. The Hall–Kier alpha value is -1.96. The van der Waals surface area contributed by atoms with Gasteiger partial charge in [-0.1, -0.05) is 12.1 Å². The number of rotatable bonds is 3. The summed E-state index contributed by atoms with van der Waals surface area (Å²) < 4.78 is 39.8. The Morgan fingerprint density at radius 1 is 1.20 bits per heavy atom. The van der Waals surface area contributed by atoms with Gasteiger partial charge in [-0.15, -0.1) is 13.2 Å². The standard InChI is InChI=1S/C12H14F3N3O2/c13-12(14,15)20-10-4-2-9(3-5-10)8-17-6-1-7-18(16)11(17)19/h2-5H,1,6-8,16H2. The van der Waals surface area contributed by atoms with E-state index in [1.54, 1.807) is 4.90 Å². The van der Waals surface area contributed by atoms with Crippen molar-refractivity contribution in [2.45, 2.75) is 19.3 Å². The van der Waals surface area contributed by atoms with E-state index in [-0.39, 0.29) is 11.8 Å². The molecule has 1 aliphatic rings. The lowest BCUT2D eigenvalue weighted by atomic mass is 10.2. The summed E-state index contributed by atoms with van der Waals surface area (Å²) in [6.45, 7) is 1.39. The van der Waals surface area contributed by atoms with Crippen molar-refractivity contribution in [1.29, 1.82) is 0 Å². The van der Waals surface area contributed by atoms with Gasteiger partial charge in [0.25, 0.3) is 0 Å². The number of hydrogen-bond donors (Lipinski definition) is 1. The second-order valence-corrected chi connectivity index (χ2v) is 4.44. The molecular weight excluding hydrogens is 275 g/mol. The summed E-state index contributed by atoms with van der Waals surface area (Å²) >= 11 is 0. The van der Waals surface area contributed by atoms with Crippen LogP contribution in [0.25, 0.3) is 0 Å². The molecule has 0 saturated carbocycles. The number of urea groups is 1. The fourth-order valence-corrected chi connectivity index (χ4v) is 1.97. The Bertz CT molecular complexity index is 476. The molecule has 0 radical (unpaired) electrons. The molecule has 2 rings (SSSR count). The smallest absolute Gasteiger partial charge is 0.406 e. The third-order valence-electron chi connectivity index (χ3n) is 2.87. The molecule has 0 atom stereocenters. The zero-order chi connectivity index (χ0) is 14.8. The van der Waals surface area contributed by atoms with E-state index in [0.29, 0.717) is 25.2 Å². The molecule has 0 aromatic heterocycles. The fourth-order valence-electron chi connectivity index (χ4n) is 1.97. The maximum atomic E-state index is 12.0. The van der Waals surface area contributed by atoms with E-state index < -0.39 is 6.36 Å². The second-order valence-electron chi connectivity index (χ2n) is 4.44. The van der Waals surface area contributed by atoms with Crippen LogP contribution in [0.15, 0.2) is 24.3 Å². The Kier molecular flexibility index (Phi) is 4.03. The van der Waals surface area contributed by atoms with Crippen LogP contribution in [0, 0.1) is 0 Å². The Morgan fingerprint density at radius 2 is 1.85 bits per heavy atom. The van der Waals surface area contributed by atoms with Gasteiger partial charge in [-0.2, -0.15) is 0 Å². The monoisotopic (exact) mass is 289 g/mol. The number of carbonyl (C=O) groups is 1. The van der Waals surface area contributed by atoms with Gasteiger partial charge >= 0.3 is 12.4 Å². The number of ether oxygens (including phenoxy) is 1. The van der Waals surface area contributed by atoms with E-state index in [1.165, 1.54) is 24.3 Å². The molecule has 0 aliphatic carbocycles. The van der Waals surface area contributed by atoms with Crippen LogP contribution in [0.3, 0.4) is 0 Å². The van der Waals surface area contributed by atoms with Crippen molar-refractivity contribution in [1.82, 2.24) is 9.91 Å². The SMILES string of the molecule is NN1CCCN(Cc2ccc(OC(F)(F)F)cc2)C1=O. The van der Waals surface area contributed by atoms with Crippen LogP contribution in [-0.2, 0) is 6.54 Å². The first-order valence-corrected chi connectivity index (χ1v) is 6.01. The van der Waals surface area contributed by atoms with Crippen LogP contribution in [-0.4, -0.2) is 35.4 Å². The highest BCUT2D eigenvalue weighted by atomic mass is 19.4. The number of carbonyl (C=O) groups excluding carboxylic acids is 1. The van der Waals surface area contributed by atoms with Crippen molar-refractivity contribution >= 4 is 6.03 Å². The van der Waals surface area contributed by atoms with Crippen LogP contribution < -0.4 is 10.6 Å². The van der Waals surface area contributed by atoms with Crippen molar-refractivity contribution in [3.63, 3.8) is 0 Å². The lowest BCUT2D eigenvalue weighted by molar-refractivity contribution is -0.274. The molecule has 2 N–H and O–H groups in total. The first-order chi connectivity index (χ1) is 9.35. The van der Waals surface area contributed by atoms with E-state index in [9.17, 15) is 18.0 Å². The van der Waals surface area contributed by atoms with Gasteiger partial charge in [0.2, 0.25) is 0 Å². The molecule has 1 fully saturated rings. The van der Waals surface area contributed by atoms with E-state index in [1.807, 2.05) is 0 Å². The number of amides is 2. The number of nitrogens with two attached hydrogens (primary N) is 1. The Morgan fingerprint density at radius 3 is 2.45 bits per heavy atom. The maximum Gasteiger partial charge on any atom is 0.573 e. The molecule has 0 bridgehead atoms. The Balaban J connectivity index is 1.98. The first kappa shape index (κ1) is 14.4. The molecule has 8 heteroatoms. The first-order valence-electron chi connectivity index (χ1n) is 6.01. The molecule has 1 aromatic rings. The van der Waals surface area contributed by atoms with Crippen molar-refractivity contribution in [3.05, 3.63) is 29.8 Å². The average Bonchev–Trinajstić information content (AvgIpc) is 2.35. The third kappa shape index (κ3) is 3.77. The topological polar surface area (TPSA) is 58.8 Å². The van der Waals surface area contributed by atoms with Crippen LogP contribution in [0.2, 0.25) is 0 Å². The predicted octanol–water partition coefficient (Wildman–Crippen LogP) is 2.09. The van der Waals surface area contributed by atoms with E-state index in [2.05, 4.69) is 4.74 Å². The van der Waals surface area contributed by atoms with Crippen LogP contribution in [0.1, 0.15) is 12.0 Å². The zero-order valence-corrected chi connectivity index (χ0v) is 10.6. The summed E-state index contributed by atoms with van der Waals surface area (Å²) in [5, 5.41) is 1.13. The summed E-state index contributed by atoms with van der Waals surface area (Å²) in [4.78, 5) is 13.3. The average molecular weight is 289 g/mol. The molecule has 0 spiro atoms. The van der Waals surface area contributed by atoms with E-state index in [0.717, 1.165) is 11.4 Å². The summed E-state index contributed by atoms with van der Waals surface area (Å²) in [5.74, 6) is 5.23. The summed E-state index contributed by atoms with van der Waals surface area (Å²) in [6, 6.07) is 5.13. The van der Waals surface area contributed by atoms with Gasteiger partial charge in [-0.05, 0) is 24.1 Å². The molecule has 20 heavy (non-hydrogen) atoms. The van der Waals surface area contributed by atoms with Gasteiger partial charge in [0.1, 0.15) is 5.75 Å². The lowest BCUT2D eigenvalue weighted by Gasteiger charge is -2.32. The highest BCUT2D eigenvalue weighted by Gasteiger charge is 2.31. The van der Waals surface area contributed by atoms with Gasteiger partial charge in [0, 0.05) is 19.6 Å². The van der Waals surface area contributed by atoms with Crippen molar-refractivity contribution in [3.8, 4) is 5.75 Å². The van der Waals surface area contributed by atoms with Gasteiger partial charge < -0.3 is 9.64 Å². The minimum atomic E-state index is -4.70. The summed E-state index contributed by atoms with van der Waals surface area (Å²) in [5.41, 5.74) is 0.711. The summed E-state index contributed by atoms with van der Waals surface area (Å²) in [7, 11) is 0. The fraction of sp³-hybridized carbons (Fsp3) is 0.417. The predicted molar refractivity (Wildman–Crippen MR) is 64.4 cm³/mol. The zero-order valence-electron chi connectivity index (χ0n) is 10.6. The highest BCUT2D eigenvalue weighted by Crippen LogP contribution is 2.23. The number of hydrazine groups is 1. The molecule has 5 nitrogen and oxygen atoms in total. The minimum Gasteiger partial charge on any atom is -0.406 e. The number of halogens is 3. The molecule has 1 heterocycles. The maximum absolute atomic E-state index is 12.0. The molecule has 2 amide bonds. The molecule has 0 unspecified atom stereocenters.